The topological polar surface area (TPSA) is 81.1 Å². The van der Waals surface area contributed by atoms with Gasteiger partial charge in [0.2, 0.25) is 0 Å². The zero-order valence-corrected chi connectivity index (χ0v) is 11.0. The van der Waals surface area contributed by atoms with Gasteiger partial charge in [-0.15, -0.1) is 0 Å². The average Bonchev–Trinajstić information content (AvgIpc) is 2.32. The predicted molar refractivity (Wildman–Crippen MR) is 66.3 cm³/mol. The summed E-state index contributed by atoms with van der Waals surface area (Å²) in [5.41, 5.74) is 0. The first-order valence-electron chi connectivity index (χ1n) is 6.39. The third kappa shape index (κ3) is 3.87. The second-order valence-electron chi connectivity index (χ2n) is 4.79. The molecule has 0 aromatic heterocycles. The number of rotatable bonds is 4. The SMILES string of the molecule is CCN(CCC(=O)O)C(=O)N1CCC(O)C(C)C1. The van der Waals surface area contributed by atoms with Crippen molar-refractivity contribution in [2.24, 2.45) is 5.92 Å². The van der Waals surface area contributed by atoms with Gasteiger partial charge in [0.1, 0.15) is 0 Å². The number of carbonyl (C=O) groups is 2. The van der Waals surface area contributed by atoms with Crippen LogP contribution >= 0.6 is 0 Å². The Balaban J connectivity index is 2.53. The van der Waals surface area contributed by atoms with Crippen LogP contribution in [-0.4, -0.2) is 64.3 Å². The fourth-order valence-electron chi connectivity index (χ4n) is 2.13. The van der Waals surface area contributed by atoms with E-state index in [4.69, 9.17) is 5.11 Å². The number of carboxylic acids is 1. The van der Waals surface area contributed by atoms with Crippen molar-refractivity contribution in [3.8, 4) is 0 Å². The molecule has 2 unspecified atom stereocenters. The molecule has 1 fully saturated rings. The van der Waals surface area contributed by atoms with Gasteiger partial charge in [0.15, 0.2) is 0 Å². The molecule has 0 radical (unpaired) electrons. The van der Waals surface area contributed by atoms with Crippen LogP contribution in [0.3, 0.4) is 0 Å². The molecule has 104 valence electrons. The minimum absolute atomic E-state index is 0.0361. The summed E-state index contributed by atoms with van der Waals surface area (Å²) in [6.45, 7) is 5.55. The van der Waals surface area contributed by atoms with Crippen molar-refractivity contribution in [2.75, 3.05) is 26.2 Å². The normalized spacial score (nSPS) is 23.8. The van der Waals surface area contributed by atoms with Gasteiger partial charge in [-0.05, 0) is 19.3 Å². The monoisotopic (exact) mass is 258 g/mol. The summed E-state index contributed by atoms with van der Waals surface area (Å²) in [6, 6.07) is -0.127. The summed E-state index contributed by atoms with van der Waals surface area (Å²) in [6.07, 6.45) is 0.206. The minimum atomic E-state index is -0.899. The van der Waals surface area contributed by atoms with Crippen LogP contribution in [0.25, 0.3) is 0 Å². The molecule has 0 aromatic rings. The largest absolute Gasteiger partial charge is 0.481 e. The number of hydrogen-bond donors (Lipinski definition) is 2. The Morgan fingerprint density at radius 1 is 1.44 bits per heavy atom. The van der Waals surface area contributed by atoms with E-state index in [9.17, 15) is 14.7 Å². The molecule has 2 N–H and O–H groups in total. The number of aliphatic carboxylic acids is 1. The number of likely N-dealkylation sites (tertiary alicyclic amines) is 1. The molecule has 0 aromatic carbocycles. The van der Waals surface area contributed by atoms with Crippen LogP contribution in [0.1, 0.15) is 26.7 Å². The molecule has 1 saturated heterocycles. The fraction of sp³-hybridized carbons (Fsp3) is 0.833. The summed E-state index contributed by atoms with van der Waals surface area (Å²) in [5, 5.41) is 18.3. The molecule has 0 saturated carbocycles. The number of aliphatic hydroxyl groups excluding tert-OH is 1. The Hall–Kier alpha value is -1.30. The Bertz CT molecular complexity index is 308. The Labute approximate surface area is 107 Å². The maximum atomic E-state index is 12.2. The van der Waals surface area contributed by atoms with E-state index in [1.165, 1.54) is 0 Å². The number of carbonyl (C=O) groups excluding carboxylic acids is 1. The quantitative estimate of drug-likeness (QED) is 0.774. The van der Waals surface area contributed by atoms with Gasteiger partial charge in [-0.2, -0.15) is 0 Å². The lowest BCUT2D eigenvalue weighted by Gasteiger charge is -2.37. The van der Waals surface area contributed by atoms with Crippen molar-refractivity contribution in [1.82, 2.24) is 9.80 Å². The van der Waals surface area contributed by atoms with Gasteiger partial charge in [0, 0.05) is 26.2 Å². The van der Waals surface area contributed by atoms with Gasteiger partial charge in [0.25, 0.3) is 0 Å². The molecule has 0 bridgehead atoms. The van der Waals surface area contributed by atoms with Crippen molar-refractivity contribution in [2.45, 2.75) is 32.8 Å². The lowest BCUT2D eigenvalue weighted by atomic mass is 9.97. The van der Waals surface area contributed by atoms with Gasteiger partial charge >= 0.3 is 12.0 Å². The molecule has 2 atom stereocenters. The number of piperidine rings is 1. The molecule has 18 heavy (non-hydrogen) atoms. The van der Waals surface area contributed by atoms with E-state index >= 15 is 0 Å². The second kappa shape index (κ2) is 6.58. The third-order valence-electron chi connectivity index (χ3n) is 3.38. The molecule has 1 aliphatic heterocycles. The molecule has 0 aliphatic carbocycles. The zero-order chi connectivity index (χ0) is 13.7. The van der Waals surface area contributed by atoms with Crippen molar-refractivity contribution in [1.29, 1.82) is 0 Å². The summed E-state index contributed by atoms with van der Waals surface area (Å²) in [7, 11) is 0. The zero-order valence-electron chi connectivity index (χ0n) is 11.0. The highest BCUT2D eigenvalue weighted by atomic mass is 16.4. The Morgan fingerprint density at radius 2 is 2.11 bits per heavy atom. The van der Waals surface area contributed by atoms with Crippen molar-refractivity contribution < 1.29 is 19.8 Å². The van der Waals surface area contributed by atoms with Crippen molar-refractivity contribution in [3.05, 3.63) is 0 Å². The standard InChI is InChI=1S/C12H22N2O4/c1-3-13(7-5-11(16)17)12(18)14-6-4-10(15)9(2)8-14/h9-10,15H,3-8H2,1-2H3,(H,16,17). The summed E-state index contributed by atoms with van der Waals surface area (Å²) in [5.74, 6) is -0.829. The smallest absolute Gasteiger partial charge is 0.320 e. The lowest BCUT2D eigenvalue weighted by molar-refractivity contribution is -0.137. The third-order valence-corrected chi connectivity index (χ3v) is 3.38. The highest BCUT2D eigenvalue weighted by Crippen LogP contribution is 2.17. The van der Waals surface area contributed by atoms with Crippen LogP contribution in [0.5, 0.6) is 0 Å². The van der Waals surface area contributed by atoms with Crippen LogP contribution in [-0.2, 0) is 4.79 Å². The summed E-state index contributed by atoms with van der Waals surface area (Å²) < 4.78 is 0. The Kier molecular flexibility index (Phi) is 5.40. The lowest BCUT2D eigenvalue weighted by Crippen LogP contribution is -2.50. The molecule has 1 heterocycles. The van der Waals surface area contributed by atoms with Gasteiger partial charge < -0.3 is 20.0 Å². The number of urea groups is 1. The molecule has 1 aliphatic rings. The van der Waals surface area contributed by atoms with E-state index in [2.05, 4.69) is 0 Å². The minimum Gasteiger partial charge on any atom is -0.481 e. The maximum absolute atomic E-state index is 12.2. The van der Waals surface area contributed by atoms with Crippen LogP contribution in [0.2, 0.25) is 0 Å². The fourth-order valence-corrected chi connectivity index (χ4v) is 2.13. The molecule has 2 amide bonds. The van der Waals surface area contributed by atoms with Crippen LogP contribution < -0.4 is 0 Å². The van der Waals surface area contributed by atoms with Crippen molar-refractivity contribution in [3.63, 3.8) is 0 Å². The highest BCUT2D eigenvalue weighted by Gasteiger charge is 2.29. The van der Waals surface area contributed by atoms with Crippen LogP contribution in [0, 0.1) is 5.92 Å². The van der Waals surface area contributed by atoms with Crippen molar-refractivity contribution >= 4 is 12.0 Å². The number of hydrogen-bond acceptors (Lipinski definition) is 3. The first kappa shape index (κ1) is 14.8. The van der Waals surface area contributed by atoms with E-state index < -0.39 is 5.97 Å². The Morgan fingerprint density at radius 3 is 2.61 bits per heavy atom. The van der Waals surface area contributed by atoms with Crippen LogP contribution in [0.4, 0.5) is 4.79 Å². The summed E-state index contributed by atoms with van der Waals surface area (Å²) >= 11 is 0. The molecule has 1 rings (SSSR count). The molecular weight excluding hydrogens is 236 g/mol. The number of carboxylic acid groups (broad SMARTS) is 1. The van der Waals surface area contributed by atoms with E-state index in [1.54, 1.807) is 9.80 Å². The average molecular weight is 258 g/mol. The van der Waals surface area contributed by atoms with Crippen LogP contribution in [0.15, 0.2) is 0 Å². The second-order valence-corrected chi connectivity index (χ2v) is 4.79. The molecule has 0 spiro atoms. The number of aliphatic hydroxyl groups is 1. The first-order valence-corrected chi connectivity index (χ1v) is 6.39. The van der Waals surface area contributed by atoms with Gasteiger partial charge in [0.05, 0.1) is 12.5 Å². The van der Waals surface area contributed by atoms with Gasteiger partial charge in [-0.1, -0.05) is 6.92 Å². The first-order chi connectivity index (χ1) is 8.45. The summed E-state index contributed by atoms with van der Waals surface area (Å²) in [4.78, 5) is 25.9. The van der Waals surface area contributed by atoms with Gasteiger partial charge in [-0.3, -0.25) is 4.79 Å². The molecular formula is C12H22N2O4. The predicted octanol–water partition coefficient (Wildman–Crippen LogP) is 0.606. The molecule has 6 heteroatoms. The maximum Gasteiger partial charge on any atom is 0.320 e. The van der Waals surface area contributed by atoms with E-state index in [0.717, 1.165) is 0 Å². The number of amides is 2. The van der Waals surface area contributed by atoms with Gasteiger partial charge in [-0.25, -0.2) is 4.79 Å². The number of nitrogens with zero attached hydrogens (tertiary/aromatic N) is 2. The highest BCUT2D eigenvalue weighted by molar-refractivity contribution is 5.75. The van der Waals surface area contributed by atoms with E-state index in [-0.39, 0.29) is 31.0 Å². The van der Waals surface area contributed by atoms with E-state index in [1.807, 2.05) is 13.8 Å². The van der Waals surface area contributed by atoms with E-state index in [0.29, 0.717) is 26.1 Å². The molecule has 6 nitrogen and oxygen atoms in total.